The van der Waals surface area contributed by atoms with Gasteiger partial charge >= 0.3 is 5.97 Å². The van der Waals surface area contributed by atoms with Gasteiger partial charge in [0, 0.05) is 6.54 Å². The Bertz CT molecular complexity index is 1920. The zero-order valence-corrected chi connectivity index (χ0v) is 43.3. The minimum absolute atomic E-state index is 0.111. The van der Waals surface area contributed by atoms with Gasteiger partial charge in [-0.15, -0.1) is 0 Å². The summed E-state index contributed by atoms with van der Waals surface area (Å²) in [6.07, 6.45) is 1.99. The number of aliphatic carboxylic acids is 1. The second-order valence-corrected chi connectivity index (χ2v) is 19.8. The first-order valence-electron chi connectivity index (χ1n) is 25.3. The van der Waals surface area contributed by atoms with Crippen molar-refractivity contribution >= 4 is 53.2 Å². The van der Waals surface area contributed by atoms with Crippen molar-refractivity contribution in [3.8, 4) is 0 Å². The number of nitrogens with two attached hydrogens (primary N) is 2. The number of likely N-dealkylation sites (tertiary alicyclic amines) is 1. The molecular weight excluding hydrogens is 917 g/mol. The summed E-state index contributed by atoms with van der Waals surface area (Å²) in [5, 5.41) is 38.7. The van der Waals surface area contributed by atoms with Gasteiger partial charge in [-0.3, -0.25) is 38.4 Å². The van der Waals surface area contributed by atoms with Gasteiger partial charge in [0.15, 0.2) is 0 Å². The van der Waals surface area contributed by atoms with E-state index >= 15 is 0 Å². The number of hydrogen-bond donors (Lipinski definition) is 11. The van der Waals surface area contributed by atoms with Gasteiger partial charge in [-0.1, -0.05) is 98.6 Å². The van der Waals surface area contributed by atoms with Crippen molar-refractivity contribution in [1.29, 1.82) is 0 Å². The van der Waals surface area contributed by atoms with Gasteiger partial charge in [0.25, 0.3) is 0 Å². The molecule has 1 aromatic carbocycles. The molecule has 71 heavy (non-hydrogen) atoms. The van der Waals surface area contributed by atoms with Crippen LogP contribution in [0.3, 0.4) is 0 Å². The molecule has 1 aliphatic heterocycles. The Morgan fingerprint density at radius 3 is 1.76 bits per heavy atom. The Labute approximate surface area is 419 Å². The smallest absolute Gasteiger partial charge is 0.326 e. The van der Waals surface area contributed by atoms with Gasteiger partial charge in [-0.25, -0.2) is 4.79 Å². The molecule has 0 bridgehead atoms. The van der Waals surface area contributed by atoms with E-state index < -0.39 is 120 Å². The van der Waals surface area contributed by atoms with E-state index in [9.17, 15) is 53.4 Å². The van der Waals surface area contributed by atoms with Crippen LogP contribution in [0.2, 0.25) is 0 Å². The van der Waals surface area contributed by atoms with Gasteiger partial charge in [-0.05, 0) is 94.1 Å². The molecule has 0 aromatic heterocycles. The summed E-state index contributed by atoms with van der Waals surface area (Å²) in [4.78, 5) is 123. The summed E-state index contributed by atoms with van der Waals surface area (Å²) in [5.41, 5.74) is 12.9. The lowest BCUT2D eigenvalue weighted by atomic mass is 9.94. The Morgan fingerprint density at radius 2 is 1.21 bits per heavy atom. The average molecular weight is 1000 g/mol. The fourth-order valence-electron chi connectivity index (χ4n) is 8.24. The fourth-order valence-corrected chi connectivity index (χ4v) is 8.24. The van der Waals surface area contributed by atoms with E-state index in [-0.39, 0.29) is 43.4 Å². The molecule has 1 aromatic rings. The third-order valence-electron chi connectivity index (χ3n) is 12.8. The number of hydrogen-bond acceptors (Lipinski definition) is 12. The first-order valence-corrected chi connectivity index (χ1v) is 25.3. The van der Waals surface area contributed by atoms with Crippen LogP contribution in [0.5, 0.6) is 0 Å². The number of nitrogens with zero attached hydrogens (tertiary/aromatic N) is 1. The van der Waals surface area contributed by atoms with Gasteiger partial charge in [0.05, 0.1) is 18.7 Å². The zero-order chi connectivity index (χ0) is 53.5. The number of carboxylic acid groups (broad SMARTS) is 1. The van der Waals surface area contributed by atoms with Crippen LogP contribution in [0.15, 0.2) is 30.3 Å². The van der Waals surface area contributed by atoms with Crippen molar-refractivity contribution in [2.24, 2.45) is 35.1 Å². The maximum absolute atomic E-state index is 13.9. The van der Waals surface area contributed by atoms with Crippen LogP contribution in [0.25, 0.3) is 0 Å². The van der Waals surface area contributed by atoms with Crippen molar-refractivity contribution in [3.63, 3.8) is 0 Å². The van der Waals surface area contributed by atoms with Gasteiger partial charge in [0.1, 0.15) is 42.3 Å². The first-order chi connectivity index (χ1) is 33.4. The molecule has 1 heterocycles. The topological polar surface area (TPSA) is 334 Å². The van der Waals surface area contributed by atoms with Crippen LogP contribution in [-0.4, -0.2) is 142 Å². The number of unbranched alkanes of at least 4 members (excludes halogenated alkanes) is 1. The Balaban J connectivity index is 2.18. The van der Waals surface area contributed by atoms with E-state index in [4.69, 9.17) is 11.5 Å². The van der Waals surface area contributed by atoms with Gasteiger partial charge in [0.2, 0.25) is 47.3 Å². The van der Waals surface area contributed by atoms with Crippen LogP contribution in [-0.2, 0) is 49.6 Å². The van der Waals surface area contributed by atoms with Crippen LogP contribution in [0, 0.1) is 23.7 Å². The molecule has 1 fully saturated rings. The second kappa shape index (κ2) is 30.9. The van der Waals surface area contributed by atoms with E-state index in [1.165, 1.54) is 11.8 Å². The summed E-state index contributed by atoms with van der Waals surface area (Å²) in [6.45, 7) is 15.6. The minimum atomic E-state index is -1.58. The molecule has 0 unspecified atom stereocenters. The molecule has 2 rings (SSSR count). The lowest BCUT2D eigenvalue weighted by molar-refractivity contribution is -0.144. The molecule has 1 saturated heterocycles. The molecule has 8 amide bonds. The third-order valence-corrected chi connectivity index (χ3v) is 12.8. The number of carboxylic acids is 1. The van der Waals surface area contributed by atoms with E-state index in [0.717, 1.165) is 5.56 Å². The molecule has 11 atom stereocenters. The molecule has 0 aliphatic carbocycles. The van der Waals surface area contributed by atoms with E-state index in [0.29, 0.717) is 51.6 Å². The molecular formula is C50H84N10O11. The Kier molecular flexibility index (Phi) is 26.8. The van der Waals surface area contributed by atoms with Gasteiger partial charge in [-0.2, -0.15) is 0 Å². The molecule has 21 nitrogen and oxygen atoms in total. The summed E-state index contributed by atoms with van der Waals surface area (Å²) >= 11 is 0. The van der Waals surface area contributed by atoms with Crippen molar-refractivity contribution < 1.29 is 53.4 Å². The highest BCUT2D eigenvalue weighted by atomic mass is 16.4. The van der Waals surface area contributed by atoms with Crippen LogP contribution >= 0.6 is 0 Å². The number of carbonyl (C=O) groups is 9. The number of nitrogens with one attached hydrogen (secondary N) is 7. The number of carbonyl (C=O) groups excluding carboxylic acids is 8. The highest BCUT2D eigenvalue weighted by Gasteiger charge is 2.39. The molecule has 21 heteroatoms. The molecule has 0 spiro atoms. The van der Waals surface area contributed by atoms with Crippen molar-refractivity contribution in [3.05, 3.63) is 35.9 Å². The lowest BCUT2D eigenvalue weighted by Gasteiger charge is -2.30. The number of rotatable bonds is 31. The van der Waals surface area contributed by atoms with E-state index in [2.05, 4.69) is 37.2 Å². The van der Waals surface area contributed by atoms with Crippen LogP contribution in [0.1, 0.15) is 126 Å². The normalized spacial score (nSPS) is 17.8. The molecule has 1 aliphatic rings. The molecule has 0 saturated carbocycles. The highest BCUT2D eigenvalue weighted by molar-refractivity contribution is 5.97. The Morgan fingerprint density at radius 1 is 0.676 bits per heavy atom. The van der Waals surface area contributed by atoms with Gasteiger partial charge < -0.3 is 63.8 Å². The second-order valence-electron chi connectivity index (χ2n) is 19.8. The first kappa shape index (κ1) is 61.4. The predicted molar refractivity (Wildman–Crippen MR) is 267 cm³/mol. The summed E-state index contributed by atoms with van der Waals surface area (Å²) in [6, 6.07) is 0.0567. The summed E-state index contributed by atoms with van der Waals surface area (Å²) < 4.78 is 0. The zero-order valence-electron chi connectivity index (χ0n) is 43.3. The van der Waals surface area contributed by atoms with Crippen LogP contribution in [0.4, 0.5) is 0 Å². The van der Waals surface area contributed by atoms with Crippen molar-refractivity contribution in [2.75, 3.05) is 19.6 Å². The number of aliphatic hydroxyl groups excluding tert-OH is 1. The maximum Gasteiger partial charge on any atom is 0.326 e. The number of aliphatic hydroxyl groups is 1. The Hall–Kier alpha value is -5.67. The lowest BCUT2D eigenvalue weighted by Crippen LogP contribution is -2.60. The molecule has 0 radical (unpaired) electrons. The minimum Gasteiger partial charge on any atom is -0.480 e. The average Bonchev–Trinajstić information content (AvgIpc) is 3.82. The largest absolute Gasteiger partial charge is 0.480 e. The van der Waals surface area contributed by atoms with E-state index in [1.807, 2.05) is 65.0 Å². The van der Waals surface area contributed by atoms with Crippen molar-refractivity contribution in [2.45, 2.75) is 181 Å². The van der Waals surface area contributed by atoms with E-state index in [1.54, 1.807) is 20.8 Å². The monoisotopic (exact) mass is 1000 g/mol. The predicted octanol–water partition coefficient (Wildman–Crippen LogP) is 0.351. The number of benzene rings is 1. The standard InChI is InChI=1S/C50H84N10O11/c1-10-30(7)40(48(68)58-41(50(70)71)31(8)11-2)57-45(65)37(25-29(5)6)56-44(64)36(24-28(3)4)54-39(62)27-53-47(67)42(32(9)61)59-43(63)35(20-15-16-22-51)55-46(66)38-21-17-23-60(38)49(69)34(52)26-33-18-13-12-14-19-33/h12-14,18-19,28-32,34-38,40-42,61H,10-11,15-17,20-27,51-52H2,1-9H3,(H,53,67)(H,54,62)(H,55,66)(H,56,64)(H,57,65)(H,58,68)(H,59,63)(H,70,71)/t30-,31-,32+,34-,35-,36-,37-,38-,40-,41-,42-/m0/s1. The quantitative estimate of drug-likeness (QED) is 0.0448. The van der Waals surface area contributed by atoms with Crippen LogP contribution < -0.4 is 48.7 Å². The molecule has 400 valence electrons. The fraction of sp³-hybridized carbons (Fsp3) is 0.700. The highest BCUT2D eigenvalue weighted by Crippen LogP contribution is 2.20. The number of amides is 8. The third kappa shape index (κ3) is 20.5. The molecule has 13 N–H and O–H groups in total. The van der Waals surface area contributed by atoms with Crippen molar-refractivity contribution in [1.82, 2.24) is 42.1 Å². The maximum atomic E-state index is 13.9. The summed E-state index contributed by atoms with van der Waals surface area (Å²) in [5.74, 6) is -7.80. The SMILES string of the molecule is CC[C@H](C)[C@H](NC(=O)[C@@H](NC(=O)[C@H](CC(C)C)NC(=O)[C@H](CC(C)C)NC(=O)CNC(=O)[C@@H](NC(=O)[C@H](CCCCN)NC(=O)[C@@H]1CCCN1C(=O)[C@@H](N)Cc1ccccc1)[C@@H](C)O)[C@@H](C)CC)C(=O)O. The summed E-state index contributed by atoms with van der Waals surface area (Å²) in [7, 11) is 0.